The first-order valence-corrected chi connectivity index (χ1v) is 3.54. The van der Waals surface area contributed by atoms with Crippen LogP contribution in [-0.2, 0) is 4.79 Å². The number of aromatic nitrogens is 4. The molecule has 1 aliphatic carbocycles. The summed E-state index contributed by atoms with van der Waals surface area (Å²) in [5.41, 5.74) is 4.91. The number of carbonyl (C=O) groups excluding carboxylic acids is 1. The molecule has 1 amide bonds. The number of nitrogens with zero attached hydrogens (tertiary/aromatic N) is 3. The molecule has 1 aliphatic rings. The monoisotopic (exact) mass is 168 g/mol. The van der Waals surface area contributed by atoms with Gasteiger partial charge in [-0.05, 0) is 18.1 Å². The van der Waals surface area contributed by atoms with Gasteiger partial charge in [0.1, 0.15) is 0 Å². The first-order valence-electron chi connectivity index (χ1n) is 3.54. The van der Waals surface area contributed by atoms with E-state index in [0.717, 1.165) is 12.8 Å². The number of tetrazole rings is 1. The van der Waals surface area contributed by atoms with Crippen molar-refractivity contribution in [3.8, 4) is 0 Å². The first kappa shape index (κ1) is 7.17. The van der Waals surface area contributed by atoms with Gasteiger partial charge in [0, 0.05) is 0 Å². The molecule has 1 aromatic rings. The third-order valence-electron chi connectivity index (χ3n) is 1.81. The van der Waals surface area contributed by atoms with Crippen LogP contribution in [0.1, 0.15) is 12.8 Å². The fourth-order valence-corrected chi connectivity index (χ4v) is 0.803. The summed E-state index contributed by atoms with van der Waals surface area (Å²) in [6.07, 6.45) is 1.44. The lowest BCUT2D eigenvalue weighted by molar-refractivity contribution is -0.118. The van der Waals surface area contributed by atoms with Crippen LogP contribution in [0.4, 0.5) is 5.95 Å². The van der Waals surface area contributed by atoms with E-state index in [1.54, 1.807) is 0 Å². The topological polar surface area (TPSA) is 110 Å². The van der Waals surface area contributed by atoms with Crippen molar-refractivity contribution in [2.24, 2.45) is 5.73 Å². The highest BCUT2D eigenvalue weighted by Gasteiger charge is 2.46. The highest BCUT2D eigenvalue weighted by atomic mass is 16.2. The van der Waals surface area contributed by atoms with E-state index in [4.69, 9.17) is 5.73 Å². The minimum Gasteiger partial charge on any atom is -0.317 e. The number of amides is 1. The lowest BCUT2D eigenvalue weighted by Gasteiger charge is -2.05. The second kappa shape index (κ2) is 2.24. The maximum absolute atomic E-state index is 11.2. The van der Waals surface area contributed by atoms with Crippen LogP contribution in [0.5, 0.6) is 0 Å². The molecule has 1 fully saturated rings. The smallest absolute Gasteiger partial charge is 0.269 e. The summed E-state index contributed by atoms with van der Waals surface area (Å²) in [5, 5.41) is 15.1. The summed E-state index contributed by atoms with van der Waals surface area (Å²) in [6, 6.07) is 0. The first-order chi connectivity index (χ1) is 5.71. The van der Waals surface area contributed by atoms with Crippen LogP contribution < -0.4 is 11.1 Å². The van der Waals surface area contributed by atoms with Crippen molar-refractivity contribution in [3.63, 3.8) is 0 Å². The van der Waals surface area contributed by atoms with Crippen LogP contribution in [0.2, 0.25) is 0 Å². The summed E-state index contributed by atoms with van der Waals surface area (Å²) in [5.74, 6) is -0.0828. The molecule has 0 aliphatic heterocycles. The van der Waals surface area contributed by atoms with Gasteiger partial charge < -0.3 is 5.73 Å². The molecule has 1 heterocycles. The number of nitrogens with two attached hydrogens (primary N) is 1. The average molecular weight is 168 g/mol. The Kier molecular flexibility index (Phi) is 1.34. The maximum Gasteiger partial charge on any atom is 0.269 e. The van der Waals surface area contributed by atoms with Crippen molar-refractivity contribution in [1.29, 1.82) is 0 Å². The van der Waals surface area contributed by atoms with Gasteiger partial charge in [-0.3, -0.25) is 10.1 Å². The second-order valence-electron chi connectivity index (χ2n) is 2.85. The van der Waals surface area contributed by atoms with Gasteiger partial charge in [0.05, 0.1) is 5.54 Å². The number of H-pyrrole nitrogens is 1. The van der Waals surface area contributed by atoms with Gasteiger partial charge >= 0.3 is 0 Å². The lowest BCUT2D eigenvalue weighted by atomic mass is 10.3. The number of carbonyl (C=O) groups is 1. The Morgan fingerprint density at radius 2 is 2.42 bits per heavy atom. The number of rotatable bonds is 2. The van der Waals surface area contributed by atoms with Gasteiger partial charge in [-0.1, -0.05) is 5.10 Å². The van der Waals surface area contributed by atoms with E-state index in [9.17, 15) is 4.79 Å². The van der Waals surface area contributed by atoms with E-state index >= 15 is 0 Å². The van der Waals surface area contributed by atoms with Crippen LogP contribution in [0.3, 0.4) is 0 Å². The van der Waals surface area contributed by atoms with Crippen LogP contribution in [0.15, 0.2) is 0 Å². The molecule has 64 valence electrons. The zero-order valence-corrected chi connectivity index (χ0v) is 6.24. The maximum atomic E-state index is 11.2. The normalized spacial score (nSPS) is 18.8. The van der Waals surface area contributed by atoms with Crippen molar-refractivity contribution in [2.75, 3.05) is 5.32 Å². The third kappa shape index (κ3) is 1.14. The van der Waals surface area contributed by atoms with Gasteiger partial charge in [-0.15, -0.1) is 5.10 Å². The van der Waals surface area contributed by atoms with Crippen molar-refractivity contribution >= 4 is 11.9 Å². The summed E-state index contributed by atoms with van der Waals surface area (Å²) >= 11 is 0. The highest BCUT2D eigenvalue weighted by molar-refractivity contribution is 5.98. The zero-order chi connectivity index (χ0) is 8.60. The van der Waals surface area contributed by atoms with E-state index in [2.05, 4.69) is 25.9 Å². The van der Waals surface area contributed by atoms with Gasteiger partial charge in [0.25, 0.3) is 5.95 Å². The van der Waals surface area contributed by atoms with E-state index < -0.39 is 5.54 Å². The number of hydrogen-bond donors (Lipinski definition) is 3. The van der Waals surface area contributed by atoms with Gasteiger partial charge in [-0.2, -0.15) is 5.21 Å². The molecule has 0 saturated heterocycles. The summed E-state index contributed by atoms with van der Waals surface area (Å²) < 4.78 is 0. The van der Waals surface area contributed by atoms with Crippen LogP contribution in [-0.4, -0.2) is 32.1 Å². The zero-order valence-electron chi connectivity index (χ0n) is 6.24. The average Bonchev–Trinajstić information content (AvgIpc) is 2.63. The lowest BCUT2D eigenvalue weighted by Crippen LogP contribution is -2.38. The molecule has 1 aromatic heterocycles. The largest absolute Gasteiger partial charge is 0.317 e. The predicted molar refractivity (Wildman–Crippen MR) is 39.0 cm³/mol. The Morgan fingerprint density at radius 1 is 1.67 bits per heavy atom. The standard InChI is InChI=1S/C5H8N6O/c6-5(1-2-5)3(12)7-4-8-10-11-9-4/h1-2,6H2,(H2,7,8,9,10,11,12). The molecule has 0 radical (unpaired) electrons. The minimum atomic E-state index is -0.694. The third-order valence-corrected chi connectivity index (χ3v) is 1.81. The summed E-state index contributed by atoms with van der Waals surface area (Å²) in [4.78, 5) is 11.2. The fourth-order valence-electron chi connectivity index (χ4n) is 0.803. The summed E-state index contributed by atoms with van der Waals surface area (Å²) in [6.45, 7) is 0. The molecule has 0 atom stereocenters. The van der Waals surface area contributed by atoms with Crippen LogP contribution >= 0.6 is 0 Å². The molecule has 1 saturated carbocycles. The van der Waals surface area contributed by atoms with Gasteiger partial charge in [0.15, 0.2) is 0 Å². The minimum absolute atomic E-state index is 0.164. The molecule has 0 spiro atoms. The number of nitrogens with one attached hydrogen (secondary N) is 2. The molecule has 0 unspecified atom stereocenters. The molecule has 12 heavy (non-hydrogen) atoms. The molecule has 0 bridgehead atoms. The van der Waals surface area contributed by atoms with E-state index in [1.807, 2.05) is 0 Å². The Balaban J connectivity index is 2.00. The molecule has 4 N–H and O–H groups in total. The molecule has 0 aromatic carbocycles. The fraction of sp³-hybridized carbons (Fsp3) is 0.600. The molecule has 7 nitrogen and oxygen atoms in total. The van der Waals surface area contributed by atoms with E-state index in [0.29, 0.717) is 0 Å². The van der Waals surface area contributed by atoms with Crippen molar-refractivity contribution in [2.45, 2.75) is 18.4 Å². The Bertz CT molecular complexity index is 289. The second-order valence-corrected chi connectivity index (χ2v) is 2.85. The van der Waals surface area contributed by atoms with Crippen LogP contribution in [0, 0.1) is 0 Å². The van der Waals surface area contributed by atoms with Gasteiger partial charge in [-0.25, -0.2) is 0 Å². The molecule has 7 heteroatoms. The predicted octanol–water partition coefficient (Wildman–Crippen LogP) is -1.37. The van der Waals surface area contributed by atoms with E-state index in [-0.39, 0.29) is 11.9 Å². The van der Waals surface area contributed by atoms with Crippen molar-refractivity contribution in [1.82, 2.24) is 20.6 Å². The molecule has 2 rings (SSSR count). The molecular formula is C5H8N6O. The molecular weight excluding hydrogens is 160 g/mol. The summed E-state index contributed by atoms with van der Waals surface area (Å²) in [7, 11) is 0. The van der Waals surface area contributed by atoms with Crippen LogP contribution in [0.25, 0.3) is 0 Å². The Hall–Kier alpha value is -1.50. The number of aromatic amines is 1. The Morgan fingerprint density at radius 3 is 2.92 bits per heavy atom. The van der Waals surface area contributed by atoms with E-state index in [1.165, 1.54) is 0 Å². The number of anilines is 1. The van der Waals surface area contributed by atoms with Gasteiger partial charge in [0.2, 0.25) is 5.91 Å². The Labute approximate surface area is 67.7 Å². The quantitative estimate of drug-likeness (QED) is 0.504. The highest BCUT2D eigenvalue weighted by Crippen LogP contribution is 2.32. The number of hydrogen-bond acceptors (Lipinski definition) is 5. The van der Waals surface area contributed by atoms with Crippen molar-refractivity contribution < 1.29 is 4.79 Å². The van der Waals surface area contributed by atoms with Crippen molar-refractivity contribution in [3.05, 3.63) is 0 Å². The SMILES string of the molecule is NC1(C(=O)Nc2nn[nH]n2)CC1.